The highest BCUT2D eigenvalue weighted by molar-refractivity contribution is 7.10. The molecular weight excluding hydrogens is 266 g/mol. The summed E-state index contributed by atoms with van der Waals surface area (Å²) < 4.78 is 0. The smallest absolute Gasteiger partial charge is 0.158 e. The summed E-state index contributed by atoms with van der Waals surface area (Å²) in [5.41, 5.74) is 0. The molecule has 0 radical (unpaired) electrons. The third kappa shape index (κ3) is 3.70. The summed E-state index contributed by atoms with van der Waals surface area (Å²) >= 11 is 1.52. The van der Waals surface area contributed by atoms with E-state index in [4.69, 9.17) is 0 Å². The van der Waals surface area contributed by atoms with Crippen LogP contribution in [-0.4, -0.2) is 5.78 Å². The molecule has 1 unspecified atom stereocenters. The van der Waals surface area contributed by atoms with Gasteiger partial charge in [-0.1, -0.05) is 32.3 Å². The van der Waals surface area contributed by atoms with Crippen LogP contribution in [0.4, 0.5) is 0 Å². The average molecular weight is 289 g/mol. The van der Waals surface area contributed by atoms with Crippen molar-refractivity contribution < 1.29 is 4.79 Å². The van der Waals surface area contributed by atoms with E-state index in [0.717, 1.165) is 23.6 Å². The Kier molecular flexibility index (Phi) is 5.79. The van der Waals surface area contributed by atoms with Crippen molar-refractivity contribution in [1.29, 1.82) is 5.26 Å². The molecule has 3 heteroatoms. The fourth-order valence-electron chi connectivity index (χ4n) is 3.19. The zero-order chi connectivity index (χ0) is 14.4. The molecule has 1 aromatic rings. The molecule has 0 aromatic carbocycles. The van der Waals surface area contributed by atoms with Gasteiger partial charge in [0, 0.05) is 10.8 Å². The molecule has 0 amide bonds. The van der Waals surface area contributed by atoms with Gasteiger partial charge < -0.3 is 0 Å². The molecular formula is C17H23NOS. The van der Waals surface area contributed by atoms with E-state index in [-0.39, 0.29) is 11.7 Å². The summed E-state index contributed by atoms with van der Waals surface area (Å²) in [6.45, 7) is 2.23. The number of hydrogen-bond acceptors (Lipinski definition) is 3. The van der Waals surface area contributed by atoms with Gasteiger partial charge in [0.05, 0.1) is 6.07 Å². The van der Waals surface area contributed by atoms with E-state index in [9.17, 15) is 10.1 Å². The lowest BCUT2D eigenvalue weighted by Gasteiger charge is -2.28. The van der Waals surface area contributed by atoms with Crippen molar-refractivity contribution in [2.24, 2.45) is 11.8 Å². The third-order valence-electron chi connectivity index (χ3n) is 4.46. The van der Waals surface area contributed by atoms with E-state index in [0.29, 0.717) is 0 Å². The first-order valence-corrected chi connectivity index (χ1v) is 8.61. The van der Waals surface area contributed by atoms with Crippen LogP contribution < -0.4 is 0 Å². The maximum Gasteiger partial charge on any atom is 0.158 e. The Bertz CT molecular complexity index is 452. The highest BCUT2D eigenvalue weighted by atomic mass is 32.1. The molecule has 0 N–H and O–H groups in total. The number of ketones is 1. The van der Waals surface area contributed by atoms with Crippen molar-refractivity contribution >= 4 is 17.1 Å². The molecule has 1 saturated carbocycles. The van der Waals surface area contributed by atoms with E-state index in [1.54, 1.807) is 0 Å². The minimum absolute atomic E-state index is 0.111. The van der Waals surface area contributed by atoms with Crippen molar-refractivity contribution in [2.45, 2.75) is 57.8 Å². The number of hydrogen-bond donors (Lipinski definition) is 0. The van der Waals surface area contributed by atoms with Crippen molar-refractivity contribution in [3.8, 4) is 6.07 Å². The van der Waals surface area contributed by atoms with Gasteiger partial charge in [-0.2, -0.15) is 5.26 Å². The summed E-state index contributed by atoms with van der Waals surface area (Å²) in [5.74, 6) is 0.539. The predicted octanol–water partition coefficient (Wildman–Crippen LogP) is 4.92. The van der Waals surface area contributed by atoms with Gasteiger partial charge in [-0.25, -0.2) is 0 Å². The van der Waals surface area contributed by atoms with Gasteiger partial charge in [0.1, 0.15) is 5.92 Å². The summed E-state index contributed by atoms with van der Waals surface area (Å²) in [6.07, 6.45) is 8.17. The van der Waals surface area contributed by atoms with E-state index in [1.807, 2.05) is 17.5 Å². The molecule has 2 rings (SSSR count). The molecule has 20 heavy (non-hydrogen) atoms. The third-order valence-corrected chi connectivity index (χ3v) is 5.39. The van der Waals surface area contributed by atoms with Gasteiger partial charge in [0.15, 0.2) is 5.78 Å². The zero-order valence-electron chi connectivity index (χ0n) is 12.2. The second kappa shape index (κ2) is 7.59. The Hall–Kier alpha value is -1.14. The minimum Gasteiger partial charge on any atom is -0.297 e. The van der Waals surface area contributed by atoms with Crippen molar-refractivity contribution in [3.63, 3.8) is 0 Å². The molecule has 0 saturated heterocycles. The number of thiophene rings is 1. The SMILES string of the molecule is CCCCC1CCC(C(=O)C(C#N)c2cccs2)CC1. The Morgan fingerprint density at radius 3 is 2.75 bits per heavy atom. The molecule has 1 heterocycles. The fourth-order valence-corrected chi connectivity index (χ4v) is 3.96. The second-order valence-corrected chi connectivity index (χ2v) is 6.82. The molecule has 0 bridgehead atoms. The maximum atomic E-state index is 12.5. The van der Waals surface area contributed by atoms with Gasteiger partial charge in [-0.05, 0) is 43.0 Å². The van der Waals surface area contributed by atoms with Crippen LogP contribution in [0.5, 0.6) is 0 Å². The summed E-state index contributed by atoms with van der Waals surface area (Å²) in [4.78, 5) is 13.4. The molecule has 1 atom stereocenters. The number of nitriles is 1. The van der Waals surface area contributed by atoms with E-state index in [2.05, 4.69) is 13.0 Å². The van der Waals surface area contributed by atoms with Crippen LogP contribution >= 0.6 is 11.3 Å². The summed E-state index contributed by atoms with van der Waals surface area (Å²) in [7, 11) is 0. The van der Waals surface area contributed by atoms with E-state index in [1.165, 1.54) is 43.4 Å². The van der Waals surface area contributed by atoms with Crippen LogP contribution in [0, 0.1) is 23.2 Å². The molecule has 108 valence electrons. The van der Waals surface area contributed by atoms with Crippen molar-refractivity contribution in [1.82, 2.24) is 0 Å². The Balaban J connectivity index is 1.90. The number of carbonyl (C=O) groups is 1. The first-order chi connectivity index (χ1) is 9.76. The summed E-state index contributed by atoms with van der Waals surface area (Å²) in [6, 6.07) is 6.03. The molecule has 1 aliphatic carbocycles. The van der Waals surface area contributed by atoms with Gasteiger partial charge in [-0.15, -0.1) is 11.3 Å². The number of rotatable bonds is 6. The normalized spacial score (nSPS) is 24.0. The number of nitrogens with zero attached hydrogens (tertiary/aromatic N) is 1. The van der Waals surface area contributed by atoms with Gasteiger partial charge in [-0.3, -0.25) is 4.79 Å². The average Bonchev–Trinajstić information content (AvgIpc) is 3.00. The van der Waals surface area contributed by atoms with Gasteiger partial charge >= 0.3 is 0 Å². The standard InChI is InChI=1S/C17H23NOS/c1-2-3-5-13-7-9-14(10-8-13)17(19)15(12-18)16-6-4-11-20-16/h4,6,11,13-15H,2-3,5,7-10H2,1H3. The first kappa shape index (κ1) is 15.3. The lowest BCUT2D eigenvalue weighted by molar-refractivity contribution is -0.124. The molecule has 1 aromatic heterocycles. The zero-order valence-corrected chi connectivity index (χ0v) is 13.0. The quantitative estimate of drug-likeness (QED) is 0.745. The highest BCUT2D eigenvalue weighted by Gasteiger charge is 2.32. The largest absolute Gasteiger partial charge is 0.297 e. The highest BCUT2D eigenvalue weighted by Crippen LogP contribution is 2.35. The van der Waals surface area contributed by atoms with Crippen molar-refractivity contribution in [2.75, 3.05) is 0 Å². The first-order valence-electron chi connectivity index (χ1n) is 7.73. The number of unbranched alkanes of at least 4 members (excludes halogenated alkanes) is 1. The molecule has 1 aliphatic rings. The van der Waals surface area contributed by atoms with Crippen LogP contribution in [0.1, 0.15) is 62.7 Å². The number of carbonyl (C=O) groups excluding carboxylic acids is 1. The Labute approximate surface area is 125 Å². The van der Waals surface area contributed by atoms with Crippen molar-refractivity contribution in [3.05, 3.63) is 22.4 Å². The van der Waals surface area contributed by atoms with Crippen LogP contribution in [0.3, 0.4) is 0 Å². The molecule has 0 spiro atoms. The Morgan fingerprint density at radius 2 is 2.20 bits per heavy atom. The van der Waals surface area contributed by atoms with Crippen LogP contribution in [0.2, 0.25) is 0 Å². The lowest BCUT2D eigenvalue weighted by atomic mass is 9.76. The monoisotopic (exact) mass is 289 g/mol. The predicted molar refractivity (Wildman–Crippen MR) is 82.7 cm³/mol. The van der Waals surface area contributed by atoms with Crippen LogP contribution in [0.15, 0.2) is 17.5 Å². The van der Waals surface area contributed by atoms with Crippen LogP contribution in [-0.2, 0) is 4.79 Å². The fraction of sp³-hybridized carbons (Fsp3) is 0.647. The topological polar surface area (TPSA) is 40.9 Å². The number of Topliss-reactive ketones (excluding diaryl/α,β-unsaturated/α-hetero) is 1. The van der Waals surface area contributed by atoms with E-state index >= 15 is 0 Å². The van der Waals surface area contributed by atoms with Gasteiger partial charge in [0.2, 0.25) is 0 Å². The maximum absolute atomic E-state index is 12.5. The van der Waals surface area contributed by atoms with E-state index < -0.39 is 5.92 Å². The molecule has 1 fully saturated rings. The Morgan fingerprint density at radius 1 is 1.45 bits per heavy atom. The van der Waals surface area contributed by atoms with Crippen LogP contribution in [0.25, 0.3) is 0 Å². The van der Waals surface area contributed by atoms with Gasteiger partial charge in [0.25, 0.3) is 0 Å². The summed E-state index contributed by atoms with van der Waals surface area (Å²) in [5, 5.41) is 11.2. The second-order valence-electron chi connectivity index (χ2n) is 5.84. The minimum atomic E-state index is -0.535. The molecule has 2 nitrogen and oxygen atoms in total. The molecule has 0 aliphatic heterocycles. The lowest BCUT2D eigenvalue weighted by Crippen LogP contribution is -2.25.